The van der Waals surface area contributed by atoms with Crippen LogP contribution in [0.15, 0.2) is 47.5 Å². The summed E-state index contributed by atoms with van der Waals surface area (Å²) in [5.41, 5.74) is 9.40. The van der Waals surface area contributed by atoms with Gasteiger partial charge in [-0.15, -0.1) is 0 Å². The third-order valence-electron chi connectivity index (χ3n) is 4.27. The Hall–Kier alpha value is -2.73. The number of rotatable bonds is 11. The Kier molecular flexibility index (Phi) is 9.15. The van der Waals surface area contributed by atoms with Crippen LogP contribution in [0.5, 0.6) is 11.5 Å². The lowest BCUT2D eigenvalue weighted by atomic mass is 10.1. The predicted molar refractivity (Wildman–Crippen MR) is 113 cm³/mol. The molecule has 0 aliphatic heterocycles. The first kappa shape index (κ1) is 21.6. The fourth-order valence-corrected chi connectivity index (χ4v) is 2.67. The van der Waals surface area contributed by atoms with Crippen molar-refractivity contribution >= 4 is 5.96 Å². The second-order valence-electron chi connectivity index (χ2n) is 6.53. The first-order chi connectivity index (χ1) is 13.6. The Morgan fingerprint density at radius 3 is 2.57 bits per heavy atom. The van der Waals surface area contributed by atoms with Crippen LogP contribution >= 0.6 is 0 Å². The largest absolute Gasteiger partial charge is 0.497 e. The van der Waals surface area contributed by atoms with E-state index in [1.165, 1.54) is 5.56 Å². The molecule has 0 saturated heterocycles. The molecule has 0 radical (unpaired) electrons. The Bertz CT molecular complexity index is 745. The minimum absolute atomic E-state index is 0.430. The molecule has 0 amide bonds. The van der Waals surface area contributed by atoms with Crippen molar-refractivity contribution in [3.63, 3.8) is 0 Å². The highest BCUT2D eigenvalue weighted by Crippen LogP contribution is 2.21. The van der Waals surface area contributed by atoms with E-state index in [9.17, 15) is 0 Å². The van der Waals surface area contributed by atoms with Crippen molar-refractivity contribution in [3.8, 4) is 11.5 Å². The van der Waals surface area contributed by atoms with Crippen LogP contribution in [0.2, 0.25) is 0 Å². The van der Waals surface area contributed by atoms with Crippen molar-refractivity contribution in [2.24, 2.45) is 10.7 Å². The molecule has 0 aliphatic rings. The highest BCUT2D eigenvalue weighted by atomic mass is 16.5. The molecule has 0 fully saturated rings. The van der Waals surface area contributed by atoms with E-state index in [0.717, 1.165) is 42.0 Å². The van der Waals surface area contributed by atoms with Gasteiger partial charge in [-0.1, -0.05) is 24.3 Å². The van der Waals surface area contributed by atoms with Gasteiger partial charge in [0, 0.05) is 32.2 Å². The molecule has 152 valence electrons. The van der Waals surface area contributed by atoms with E-state index < -0.39 is 0 Å². The molecule has 0 aliphatic carbocycles. The second kappa shape index (κ2) is 11.9. The lowest BCUT2D eigenvalue weighted by Crippen LogP contribution is -2.33. The first-order valence-corrected chi connectivity index (χ1v) is 9.50. The maximum Gasteiger partial charge on any atom is 0.188 e. The SMILES string of the molecule is COCCCOc1cc(C)ccc1CN=C(N)NCCc1ccc(OC)cc1. The number of nitrogens with zero attached hydrogens (tertiary/aromatic N) is 1. The van der Waals surface area contributed by atoms with Crippen LogP contribution in [0.3, 0.4) is 0 Å². The van der Waals surface area contributed by atoms with Gasteiger partial charge in [0.1, 0.15) is 11.5 Å². The number of nitrogens with one attached hydrogen (secondary N) is 1. The summed E-state index contributed by atoms with van der Waals surface area (Å²) >= 11 is 0. The van der Waals surface area contributed by atoms with Gasteiger partial charge in [-0.05, 0) is 42.7 Å². The molecule has 0 unspecified atom stereocenters. The van der Waals surface area contributed by atoms with Gasteiger partial charge in [-0.2, -0.15) is 0 Å². The number of benzene rings is 2. The van der Waals surface area contributed by atoms with Gasteiger partial charge in [-0.3, -0.25) is 0 Å². The third kappa shape index (κ3) is 7.48. The van der Waals surface area contributed by atoms with Crippen molar-refractivity contribution < 1.29 is 14.2 Å². The van der Waals surface area contributed by atoms with E-state index in [1.54, 1.807) is 14.2 Å². The molecular formula is C22H31N3O3. The molecule has 0 saturated carbocycles. The number of guanidine groups is 1. The molecule has 0 spiro atoms. The number of aliphatic imine (C=N–C) groups is 1. The van der Waals surface area contributed by atoms with E-state index >= 15 is 0 Å². The van der Waals surface area contributed by atoms with Gasteiger partial charge in [0.2, 0.25) is 0 Å². The van der Waals surface area contributed by atoms with Gasteiger partial charge >= 0.3 is 0 Å². The molecular weight excluding hydrogens is 354 g/mol. The van der Waals surface area contributed by atoms with Crippen molar-refractivity contribution in [2.75, 3.05) is 34.0 Å². The van der Waals surface area contributed by atoms with E-state index in [-0.39, 0.29) is 0 Å². The molecule has 28 heavy (non-hydrogen) atoms. The van der Waals surface area contributed by atoms with Crippen molar-refractivity contribution in [3.05, 3.63) is 59.2 Å². The van der Waals surface area contributed by atoms with Gasteiger partial charge in [0.25, 0.3) is 0 Å². The fourth-order valence-electron chi connectivity index (χ4n) is 2.67. The minimum atomic E-state index is 0.430. The van der Waals surface area contributed by atoms with Gasteiger partial charge in [0.05, 0.1) is 20.3 Å². The molecule has 2 aromatic rings. The average Bonchev–Trinajstić information content (AvgIpc) is 2.71. The van der Waals surface area contributed by atoms with Gasteiger partial charge < -0.3 is 25.3 Å². The topological polar surface area (TPSA) is 78.1 Å². The first-order valence-electron chi connectivity index (χ1n) is 9.50. The van der Waals surface area contributed by atoms with Crippen LogP contribution in [0.25, 0.3) is 0 Å². The Balaban J connectivity index is 1.83. The number of aryl methyl sites for hydroxylation is 1. The molecule has 0 bridgehead atoms. The quantitative estimate of drug-likeness (QED) is 0.353. The van der Waals surface area contributed by atoms with E-state index in [0.29, 0.717) is 25.7 Å². The molecule has 6 heteroatoms. The number of nitrogens with two attached hydrogens (primary N) is 1. The second-order valence-corrected chi connectivity index (χ2v) is 6.53. The zero-order valence-corrected chi connectivity index (χ0v) is 17.0. The summed E-state index contributed by atoms with van der Waals surface area (Å²) < 4.78 is 16.1. The smallest absolute Gasteiger partial charge is 0.188 e. The molecule has 2 aromatic carbocycles. The maximum absolute atomic E-state index is 6.01. The zero-order chi connectivity index (χ0) is 20.2. The molecule has 0 atom stereocenters. The summed E-state index contributed by atoms with van der Waals surface area (Å²) in [6, 6.07) is 14.1. The lowest BCUT2D eigenvalue weighted by molar-refractivity contribution is 0.172. The number of hydrogen-bond acceptors (Lipinski definition) is 4. The molecule has 6 nitrogen and oxygen atoms in total. The highest BCUT2D eigenvalue weighted by Gasteiger charge is 2.05. The molecule has 0 heterocycles. The normalized spacial score (nSPS) is 11.3. The van der Waals surface area contributed by atoms with Crippen LogP contribution in [0, 0.1) is 6.92 Å². The van der Waals surface area contributed by atoms with Crippen LogP contribution < -0.4 is 20.5 Å². The van der Waals surface area contributed by atoms with E-state index in [4.69, 9.17) is 19.9 Å². The van der Waals surface area contributed by atoms with E-state index in [1.807, 2.05) is 43.3 Å². The standard InChI is InChI=1S/C22H31N3O3/c1-17-5-8-19(21(15-17)28-14-4-13-26-2)16-25-22(23)24-12-11-18-6-9-20(27-3)10-7-18/h5-10,15H,4,11-14,16H2,1-3H3,(H3,23,24,25). The van der Waals surface area contributed by atoms with Crippen LogP contribution in [0.1, 0.15) is 23.1 Å². The van der Waals surface area contributed by atoms with Crippen LogP contribution in [-0.2, 0) is 17.7 Å². The number of methoxy groups -OCH3 is 2. The maximum atomic E-state index is 6.01. The van der Waals surface area contributed by atoms with Gasteiger partial charge in [0.15, 0.2) is 5.96 Å². The molecule has 0 aromatic heterocycles. The summed E-state index contributed by atoms with van der Waals surface area (Å²) in [5.74, 6) is 2.14. The minimum Gasteiger partial charge on any atom is -0.497 e. The number of ether oxygens (including phenoxy) is 3. The Labute approximate surface area is 167 Å². The van der Waals surface area contributed by atoms with Gasteiger partial charge in [-0.25, -0.2) is 4.99 Å². The summed E-state index contributed by atoms with van der Waals surface area (Å²) in [4.78, 5) is 4.45. The van der Waals surface area contributed by atoms with Crippen molar-refractivity contribution in [1.29, 1.82) is 0 Å². The molecule has 3 N–H and O–H groups in total. The van der Waals surface area contributed by atoms with Crippen LogP contribution in [-0.4, -0.2) is 39.9 Å². The van der Waals surface area contributed by atoms with Crippen molar-refractivity contribution in [1.82, 2.24) is 5.32 Å². The number of hydrogen-bond donors (Lipinski definition) is 2. The Morgan fingerprint density at radius 2 is 1.86 bits per heavy atom. The average molecular weight is 386 g/mol. The Morgan fingerprint density at radius 1 is 1.07 bits per heavy atom. The fraction of sp³-hybridized carbons (Fsp3) is 0.409. The predicted octanol–water partition coefficient (Wildman–Crippen LogP) is 3.07. The monoisotopic (exact) mass is 385 g/mol. The third-order valence-corrected chi connectivity index (χ3v) is 4.27. The summed E-state index contributed by atoms with van der Waals surface area (Å²) in [7, 11) is 3.36. The van der Waals surface area contributed by atoms with E-state index in [2.05, 4.69) is 16.4 Å². The summed E-state index contributed by atoms with van der Waals surface area (Å²) in [6.45, 7) is 4.54. The summed E-state index contributed by atoms with van der Waals surface area (Å²) in [5, 5.41) is 3.16. The lowest BCUT2D eigenvalue weighted by Gasteiger charge is -2.12. The van der Waals surface area contributed by atoms with Crippen LogP contribution in [0.4, 0.5) is 0 Å². The van der Waals surface area contributed by atoms with Crippen molar-refractivity contribution in [2.45, 2.75) is 26.3 Å². The summed E-state index contributed by atoms with van der Waals surface area (Å²) in [6.07, 6.45) is 1.71. The zero-order valence-electron chi connectivity index (χ0n) is 17.0. The molecule has 2 rings (SSSR count). The highest BCUT2D eigenvalue weighted by molar-refractivity contribution is 5.77.